The highest BCUT2D eigenvalue weighted by atomic mass is 32.2. The van der Waals surface area contributed by atoms with Crippen molar-refractivity contribution in [3.05, 3.63) is 89.2 Å². The third-order valence-corrected chi connectivity index (χ3v) is 6.31. The molecule has 1 aliphatic heterocycles. The van der Waals surface area contributed by atoms with Gasteiger partial charge in [-0.05, 0) is 60.5 Å². The molecule has 0 aliphatic carbocycles. The molecule has 3 aromatic carbocycles. The van der Waals surface area contributed by atoms with Crippen LogP contribution in [0, 0.1) is 12.7 Å². The predicted molar refractivity (Wildman–Crippen MR) is 121 cm³/mol. The fraction of sp³-hybridized carbons (Fsp3) is 0.167. The number of methoxy groups -OCH3 is 1. The van der Waals surface area contributed by atoms with Crippen LogP contribution in [0.2, 0.25) is 0 Å². The minimum absolute atomic E-state index is 0.0198. The van der Waals surface area contributed by atoms with Gasteiger partial charge in [0.05, 0.1) is 18.6 Å². The number of aryl methyl sites for hydroxylation is 1. The molecule has 1 aliphatic rings. The summed E-state index contributed by atoms with van der Waals surface area (Å²) in [5, 5.41) is 2.62. The summed E-state index contributed by atoms with van der Waals surface area (Å²) in [6, 6.07) is 18.6. The lowest BCUT2D eigenvalue weighted by Crippen LogP contribution is -2.28. The van der Waals surface area contributed by atoms with E-state index < -0.39 is 0 Å². The number of nitrogens with zero attached hydrogens (tertiary/aromatic N) is 1. The van der Waals surface area contributed by atoms with Crippen molar-refractivity contribution >= 4 is 35.0 Å². The fourth-order valence-corrected chi connectivity index (χ4v) is 4.74. The number of halogens is 1. The number of rotatable bonds is 5. The molecule has 3 aromatic rings. The van der Waals surface area contributed by atoms with E-state index >= 15 is 0 Å². The van der Waals surface area contributed by atoms with E-state index in [4.69, 9.17) is 4.74 Å². The second kappa shape index (κ2) is 8.81. The van der Waals surface area contributed by atoms with Gasteiger partial charge in [-0.25, -0.2) is 4.39 Å². The number of benzene rings is 3. The Bertz CT molecular complexity index is 1130. The topological polar surface area (TPSA) is 58.6 Å². The summed E-state index contributed by atoms with van der Waals surface area (Å²) in [5.41, 5.74) is 3.45. The first-order valence-corrected chi connectivity index (χ1v) is 10.8. The first kappa shape index (κ1) is 20.9. The van der Waals surface area contributed by atoms with Crippen LogP contribution >= 0.6 is 11.8 Å². The van der Waals surface area contributed by atoms with Crippen LogP contribution in [0.4, 0.5) is 15.8 Å². The highest BCUT2D eigenvalue weighted by Crippen LogP contribution is 2.43. The molecule has 1 unspecified atom stereocenters. The first-order valence-electron chi connectivity index (χ1n) is 9.72. The molecule has 5 nitrogen and oxygen atoms in total. The quantitative estimate of drug-likeness (QED) is 0.599. The molecule has 158 valence electrons. The van der Waals surface area contributed by atoms with Gasteiger partial charge < -0.3 is 10.1 Å². The number of hydrogen-bond acceptors (Lipinski definition) is 4. The Balaban J connectivity index is 1.59. The van der Waals surface area contributed by atoms with E-state index in [2.05, 4.69) is 5.32 Å². The maximum Gasteiger partial charge on any atom is 0.255 e. The van der Waals surface area contributed by atoms with Crippen LogP contribution in [0.25, 0.3) is 0 Å². The number of amides is 2. The molecule has 1 N–H and O–H groups in total. The molecule has 4 rings (SSSR count). The van der Waals surface area contributed by atoms with Crippen LogP contribution in [0.3, 0.4) is 0 Å². The Hall–Kier alpha value is -3.32. The van der Waals surface area contributed by atoms with Crippen molar-refractivity contribution in [3.8, 4) is 5.75 Å². The Kier molecular flexibility index (Phi) is 5.95. The molecule has 0 bridgehead atoms. The summed E-state index contributed by atoms with van der Waals surface area (Å²) in [7, 11) is 1.55. The average molecular weight is 437 g/mol. The van der Waals surface area contributed by atoms with Crippen molar-refractivity contribution in [2.45, 2.75) is 12.3 Å². The highest BCUT2D eigenvalue weighted by molar-refractivity contribution is 8.00. The van der Waals surface area contributed by atoms with Crippen LogP contribution < -0.4 is 15.0 Å². The Labute approximate surface area is 184 Å². The lowest BCUT2D eigenvalue weighted by Gasteiger charge is -2.26. The van der Waals surface area contributed by atoms with E-state index in [9.17, 15) is 14.0 Å². The van der Waals surface area contributed by atoms with Crippen LogP contribution in [0.15, 0.2) is 66.7 Å². The van der Waals surface area contributed by atoms with Crippen molar-refractivity contribution in [1.82, 2.24) is 0 Å². The lowest BCUT2D eigenvalue weighted by atomic mass is 10.1. The number of ether oxygens (including phenoxy) is 1. The minimum Gasteiger partial charge on any atom is -0.495 e. The van der Waals surface area contributed by atoms with Gasteiger partial charge in [0.15, 0.2) is 0 Å². The zero-order chi connectivity index (χ0) is 22.0. The largest absolute Gasteiger partial charge is 0.495 e. The number of nitrogens with one attached hydrogen (secondary N) is 1. The second-order valence-corrected chi connectivity index (χ2v) is 8.20. The van der Waals surface area contributed by atoms with E-state index in [1.54, 1.807) is 54.5 Å². The lowest BCUT2D eigenvalue weighted by molar-refractivity contribution is -0.115. The average Bonchev–Trinajstić information content (AvgIpc) is 3.15. The number of para-hydroxylation sites is 2. The van der Waals surface area contributed by atoms with Crippen molar-refractivity contribution in [3.63, 3.8) is 0 Å². The van der Waals surface area contributed by atoms with Crippen molar-refractivity contribution < 1.29 is 18.7 Å². The van der Waals surface area contributed by atoms with Gasteiger partial charge in [-0.1, -0.05) is 24.3 Å². The maximum absolute atomic E-state index is 13.3. The summed E-state index contributed by atoms with van der Waals surface area (Å²) in [4.78, 5) is 27.1. The third-order valence-electron chi connectivity index (χ3n) is 5.10. The molecule has 0 aromatic heterocycles. The zero-order valence-corrected chi connectivity index (χ0v) is 17.9. The molecule has 1 heterocycles. The molecular weight excluding hydrogens is 415 g/mol. The second-order valence-electron chi connectivity index (χ2n) is 7.13. The van der Waals surface area contributed by atoms with Gasteiger partial charge in [0, 0.05) is 11.3 Å². The summed E-state index contributed by atoms with van der Waals surface area (Å²) in [6.07, 6.45) is 0. The molecule has 1 fully saturated rings. The number of thioether (sulfide) groups is 1. The molecule has 7 heteroatoms. The van der Waals surface area contributed by atoms with E-state index in [1.807, 2.05) is 19.1 Å². The monoisotopic (exact) mass is 436 g/mol. The van der Waals surface area contributed by atoms with Crippen molar-refractivity contribution in [2.75, 3.05) is 23.1 Å². The molecule has 2 amide bonds. The van der Waals surface area contributed by atoms with Crippen molar-refractivity contribution in [1.29, 1.82) is 0 Å². The van der Waals surface area contributed by atoms with E-state index in [-0.39, 0.29) is 23.0 Å². The summed E-state index contributed by atoms with van der Waals surface area (Å²) >= 11 is 1.50. The normalized spacial score (nSPS) is 15.8. The fourth-order valence-electron chi connectivity index (χ4n) is 3.57. The van der Waals surface area contributed by atoms with E-state index in [1.165, 1.54) is 23.9 Å². The van der Waals surface area contributed by atoms with Gasteiger partial charge in [-0.3, -0.25) is 14.5 Å². The van der Waals surface area contributed by atoms with Crippen LogP contribution in [-0.4, -0.2) is 24.7 Å². The number of carbonyl (C=O) groups excluding carboxylic acids is 2. The molecule has 0 saturated carbocycles. The van der Waals surface area contributed by atoms with Gasteiger partial charge >= 0.3 is 0 Å². The van der Waals surface area contributed by atoms with Gasteiger partial charge in [0.25, 0.3) is 5.91 Å². The third kappa shape index (κ3) is 4.27. The summed E-state index contributed by atoms with van der Waals surface area (Å²) in [6.45, 7) is 1.87. The van der Waals surface area contributed by atoms with E-state index in [0.29, 0.717) is 22.8 Å². The number of carbonyl (C=O) groups is 2. The van der Waals surface area contributed by atoms with Gasteiger partial charge in [0.2, 0.25) is 5.91 Å². The molecule has 1 saturated heterocycles. The Morgan fingerprint density at radius 3 is 2.58 bits per heavy atom. The van der Waals surface area contributed by atoms with Gasteiger partial charge in [-0.2, -0.15) is 0 Å². The molecule has 0 spiro atoms. The van der Waals surface area contributed by atoms with Crippen molar-refractivity contribution in [2.24, 2.45) is 0 Å². The van der Waals surface area contributed by atoms with Crippen LogP contribution in [-0.2, 0) is 4.79 Å². The molecular formula is C24H21FN2O3S. The SMILES string of the molecule is COc1ccccc1NC(=O)c1ccc(N2C(=O)CSC2c2ccc(F)cc2)c(C)c1. The summed E-state index contributed by atoms with van der Waals surface area (Å²) in [5.74, 6) is 0.319. The van der Waals surface area contributed by atoms with Crippen LogP contribution in [0.5, 0.6) is 5.75 Å². The minimum atomic E-state index is -0.314. The number of hydrogen-bond donors (Lipinski definition) is 1. The van der Waals surface area contributed by atoms with Gasteiger partial charge in [-0.15, -0.1) is 11.8 Å². The Morgan fingerprint density at radius 2 is 1.87 bits per heavy atom. The first-order chi connectivity index (χ1) is 15.0. The molecule has 1 atom stereocenters. The molecule has 0 radical (unpaired) electrons. The van der Waals surface area contributed by atoms with E-state index in [0.717, 1.165) is 16.8 Å². The standard InChI is InChI=1S/C24H21FN2O3S/c1-15-13-17(23(29)26-19-5-3-4-6-21(19)30-2)9-12-20(15)27-22(28)14-31-24(27)16-7-10-18(25)11-8-16/h3-13,24H,14H2,1-2H3,(H,26,29). The number of anilines is 2. The maximum atomic E-state index is 13.3. The predicted octanol–water partition coefficient (Wildman–Crippen LogP) is 5.17. The van der Waals surface area contributed by atoms with Gasteiger partial charge in [0.1, 0.15) is 16.9 Å². The smallest absolute Gasteiger partial charge is 0.255 e. The highest BCUT2D eigenvalue weighted by Gasteiger charge is 2.35. The van der Waals surface area contributed by atoms with Crippen LogP contribution in [0.1, 0.15) is 26.9 Å². The Morgan fingerprint density at radius 1 is 1.13 bits per heavy atom. The summed E-state index contributed by atoms with van der Waals surface area (Å²) < 4.78 is 18.6. The molecule has 31 heavy (non-hydrogen) atoms. The zero-order valence-electron chi connectivity index (χ0n) is 17.1.